The van der Waals surface area contributed by atoms with E-state index in [2.05, 4.69) is 52.4 Å². The number of guanidine groups is 1. The van der Waals surface area contributed by atoms with Crippen molar-refractivity contribution in [2.75, 3.05) is 27.2 Å². The van der Waals surface area contributed by atoms with Gasteiger partial charge in [-0.1, -0.05) is 104 Å². The number of nitrogens with one attached hydrogen (secondary N) is 2. The predicted molar refractivity (Wildman–Crippen MR) is 184 cm³/mol. The second-order valence-corrected chi connectivity index (χ2v) is 13.4. The van der Waals surface area contributed by atoms with Gasteiger partial charge in [-0.05, 0) is 77.8 Å². The quantitative estimate of drug-likeness (QED) is 0.152. The average Bonchev–Trinajstić information content (AvgIpc) is 3.05. The monoisotopic (exact) mass is 587 g/mol. The molecule has 6 nitrogen and oxygen atoms in total. The Balaban J connectivity index is 0.000000255. The van der Waals surface area contributed by atoms with Crippen LogP contribution in [-0.2, 0) is 0 Å². The van der Waals surface area contributed by atoms with Gasteiger partial charge < -0.3 is 15.5 Å². The van der Waals surface area contributed by atoms with Crippen LogP contribution in [0.4, 0.5) is 0 Å². The van der Waals surface area contributed by atoms with Crippen molar-refractivity contribution >= 4 is 12.0 Å². The molecule has 244 valence electrons. The molecule has 0 spiro atoms. The molecule has 4 aliphatic rings. The van der Waals surface area contributed by atoms with E-state index in [0.717, 1.165) is 13.1 Å². The van der Waals surface area contributed by atoms with Crippen LogP contribution in [0.2, 0.25) is 0 Å². The highest BCUT2D eigenvalue weighted by Gasteiger charge is 2.19. The lowest BCUT2D eigenvalue weighted by atomic mass is 9.95. The SMILES string of the molecule is C(=NC1CCCCC1)=NC1CCCCC1.CCCCN(C)C(=NC1CCCCC1)NC1CCCCC1.CCCCNC. The second-order valence-electron chi connectivity index (χ2n) is 13.4. The minimum atomic E-state index is 0.533. The fourth-order valence-electron chi connectivity index (χ4n) is 6.53. The molecule has 0 heterocycles. The van der Waals surface area contributed by atoms with Crippen molar-refractivity contribution in [3.8, 4) is 0 Å². The lowest BCUT2D eigenvalue weighted by Gasteiger charge is -2.31. The first-order valence-corrected chi connectivity index (χ1v) is 18.5. The van der Waals surface area contributed by atoms with Gasteiger partial charge >= 0.3 is 0 Å². The van der Waals surface area contributed by atoms with Crippen LogP contribution in [0.3, 0.4) is 0 Å². The first kappa shape index (κ1) is 36.8. The largest absolute Gasteiger partial charge is 0.354 e. The van der Waals surface area contributed by atoms with Crippen molar-refractivity contribution in [2.45, 2.75) is 192 Å². The summed E-state index contributed by atoms with van der Waals surface area (Å²) < 4.78 is 0. The van der Waals surface area contributed by atoms with Gasteiger partial charge in [0, 0.05) is 19.6 Å². The van der Waals surface area contributed by atoms with Gasteiger partial charge in [0.15, 0.2) is 5.96 Å². The summed E-state index contributed by atoms with van der Waals surface area (Å²) in [7, 11) is 4.20. The number of nitrogens with zero attached hydrogens (tertiary/aromatic N) is 4. The van der Waals surface area contributed by atoms with Gasteiger partial charge in [0.05, 0.1) is 24.1 Å². The molecule has 0 aromatic carbocycles. The van der Waals surface area contributed by atoms with Gasteiger partial charge in [-0.2, -0.15) is 0 Å². The van der Waals surface area contributed by atoms with E-state index in [1.807, 2.05) is 7.05 Å². The summed E-state index contributed by atoms with van der Waals surface area (Å²) in [6, 6.07) is 5.26. The molecular formula is C36H70N6. The average molecular weight is 587 g/mol. The molecule has 0 saturated heterocycles. The van der Waals surface area contributed by atoms with Crippen molar-refractivity contribution in [1.29, 1.82) is 0 Å². The molecule has 2 N–H and O–H groups in total. The predicted octanol–water partition coefficient (Wildman–Crippen LogP) is 9.16. The van der Waals surface area contributed by atoms with Crippen molar-refractivity contribution in [3.63, 3.8) is 0 Å². The van der Waals surface area contributed by atoms with Crippen LogP contribution in [0.15, 0.2) is 15.0 Å². The first-order chi connectivity index (χ1) is 20.7. The minimum Gasteiger partial charge on any atom is -0.354 e. The standard InChI is InChI=1S/C18H35N3.C13H22N2.C5H13N/c1-3-4-15-21(2)18(19-16-11-7-5-8-12-16)20-17-13-9-6-10-14-17;1-3-7-12(8-4-1)14-11-15-13-9-5-2-6-10-13;1-3-4-5-6-2/h16-17H,3-15H2,1-2H3,(H,19,20);12-13H,1-10H2;6H,3-5H2,1-2H3. The van der Waals surface area contributed by atoms with Crippen LogP contribution in [0.5, 0.6) is 0 Å². The zero-order valence-corrected chi connectivity index (χ0v) is 28.5. The maximum Gasteiger partial charge on any atom is 0.194 e. The summed E-state index contributed by atoms with van der Waals surface area (Å²) in [5.74, 6) is 1.18. The van der Waals surface area contributed by atoms with Crippen LogP contribution in [-0.4, -0.2) is 68.2 Å². The molecular weight excluding hydrogens is 516 g/mol. The number of rotatable bonds is 10. The van der Waals surface area contributed by atoms with Crippen molar-refractivity contribution in [1.82, 2.24) is 15.5 Å². The van der Waals surface area contributed by atoms with Crippen molar-refractivity contribution < 1.29 is 0 Å². The van der Waals surface area contributed by atoms with Crippen molar-refractivity contribution in [3.05, 3.63) is 0 Å². The van der Waals surface area contributed by atoms with Crippen LogP contribution < -0.4 is 10.6 Å². The Morgan fingerprint density at radius 1 is 0.643 bits per heavy atom. The van der Waals surface area contributed by atoms with E-state index in [1.165, 1.54) is 160 Å². The highest BCUT2D eigenvalue weighted by atomic mass is 15.3. The molecule has 0 aliphatic heterocycles. The molecule has 0 amide bonds. The summed E-state index contributed by atoms with van der Waals surface area (Å²) in [6.45, 7) is 6.75. The van der Waals surface area contributed by atoms with Gasteiger partial charge in [-0.25, -0.2) is 15.0 Å². The van der Waals surface area contributed by atoms with Gasteiger partial charge in [-0.15, -0.1) is 0 Å². The fraction of sp³-hybridized carbons (Fsp3) is 0.944. The molecule has 0 bridgehead atoms. The van der Waals surface area contributed by atoms with E-state index in [9.17, 15) is 0 Å². The summed E-state index contributed by atoms with van der Waals surface area (Å²) >= 11 is 0. The van der Waals surface area contributed by atoms with Gasteiger partial charge in [-0.3, -0.25) is 0 Å². The van der Waals surface area contributed by atoms with Gasteiger partial charge in [0.1, 0.15) is 0 Å². The van der Waals surface area contributed by atoms with Crippen LogP contribution in [0.1, 0.15) is 168 Å². The third-order valence-electron chi connectivity index (χ3n) is 9.44. The topological polar surface area (TPSA) is 64.4 Å². The number of hydrogen-bond acceptors (Lipinski definition) is 4. The Hall–Kier alpha value is -1.39. The molecule has 6 heteroatoms. The Labute approximate surface area is 261 Å². The third-order valence-corrected chi connectivity index (χ3v) is 9.44. The summed E-state index contributed by atoms with van der Waals surface area (Å²) in [6.07, 6.45) is 31.9. The normalized spacial score (nSPS) is 21.2. The van der Waals surface area contributed by atoms with Gasteiger partial charge in [0.2, 0.25) is 0 Å². The molecule has 4 saturated carbocycles. The van der Waals surface area contributed by atoms with E-state index in [-0.39, 0.29) is 0 Å². The number of hydrogen-bond donors (Lipinski definition) is 2. The molecule has 4 aliphatic carbocycles. The van der Waals surface area contributed by atoms with E-state index >= 15 is 0 Å². The maximum atomic E-state index is 5.11. The van der Waals surface area contributed by atoms with Crippen LogP contribution in [0.25, 0.3) is 0 Å². The Morgan fingerprint density at radius 2 is 1.10 bits per heavy atom. The Bertz CT molecular complexity index is 680. The Morgan fingerprint density at radius 3 is 1.52 bits per heavy atom. The molecule has 0 atom stereocenters. The van der Waals surface area contributed by atoms with Crippen molar-refractivity contribution in [2.24, 2.45) is 15.0 Å². The highest BCUT2D eigenvalue weighted by molar-refractivity contribution is 5.80. The zero-order chi connectivity index (χ0) is 30.1. The second kappa shape index (κ2) is 25.0. The van der Waals surface area contributed by atoms with E-state index < -0.39 is 0 Å². The molecule has 0 unspecified atom stereocenters. The summed E-state index contributed by atoms with van der Waals surface area (Å²) in [5.41, 5.74) is 0. The Kier molecular flexibility index (Phi) is 21.9. The summed E-state index contributed by atoms with van der Waals surface area (Å²) in [4.78, 5) is 16.4. The van der Waals surface area contributed by atoms with E-state index in [4.69, 9.17) is 4.99 Å². The fourth-order valence-corrected chi connectivity index (χ4v) is 6.53. The molecule has 0 aromatic rings. The molecule has 4 fully saturated rings. The van der Waals surface area contributed by atoms with E-state index in [0.29, 0.717) is 24.2 Å². The number of unbranched alkanes of at least 4 members (excludes halogenated alkanes) is 2. The molecule has 42 heavy (non-hydrogen) atoms. The molecule has 0 radical (unpaired) electrons. The molecule has 4 rings (SSSR count). The highest BCUT2D eigenvalue weighted by Crippen LogP contribution is 2.23. The first-order valence-electron chi connectivity index (χ1n) is 18.5. The number of aliphatic imine (C=N–C) groups is 3. The lowest BCUT2D eigenvalue weighted by Crippen LogP contribution is -2.46. The third kappa shape index (κ3) is 17.7. The zero-order valence-electron chi connectivity index (χ0n) is 28.5. The maximum absolute atomic E-state index is 5.11. The van der Waals surface area contributed by atoms with Gasteiger partial charge in [0.25, 0.3) is 0 Å². The lowest BCUT2D eigenvalue weighted by molar-refractivity contribution is 0.377. The minimum absolute atomic E-state index is 0.533. The smallest absolute Gasteiger partial charge is 0.194 e. The summed E-state index contributed by atoms with van der Waals surface area (Å²) in [5, 5.41) is 6.86. The van der Waals surface area contributed by atoms with Crippen LogP contribution in [0, 0.1) is 0 Å². The molecule has 0 aromatic heterocycles. The van der Waals surface area contributed by atoms with Crippen LogP contribution >= 0.6 is 0 Å². The van der Waals surface area contributed by atoms with E-state index in [1.54, 1.807) is 0 Å².